The topological polar surface area (TPSA) is 76.6 Å². The maximum absolute atomic E-state index is 11.7. The molecule has 0 aliphatic carbocycles. The first kappa shape index (κ1) is 13.4. The number of aromatic nitrogens is 2. The first-order valence-corrected chi connectivity index (χ1v) is 6.28. The van der Waals surface area contributed by atoms with Gasteiger partial charge in [0.1, 0.15) is 6.10 Å². The van der Waals surface area contributed by atoms with Crippen LogP contribution in [0.2, 0.25) is 0 Å². The van der Waals surface area contributed by atoms with E-state index in [4.69, 9.17) is 9.47 Å². The molecule has 1 aliphatic rings. The number of methoxy groups -OCH3 is 1. The van der Waals surface area contributed by atoms with Crippen LogP contribution in [0.5, 0.6) is 11.8 Å². The van der Waals surface area contributed by atoms with Crippen LogP contribution in [0.3, 0.4) is 0 Å². The zero-order valence-corrected chi connectivity index (χ0v) is 11.1. The minimum atomic E-state index is -0.0518. The number of hydrogen-bond acceptors (Lipinski definition) is 5. The number of carbonyl (C=O) groups is 1. The molecule has 0 aromatic carbocycles. The highest BCUT2D eigenvalue weighted by atomic mass is 16.5. The molecule has 7 nitrogen and oxygen atoms in total. The minimum Gasteiger partial charge on any atom is -0.480 e. The van der Waals surface area contributed by atoms with E-state index >= 15 is 0 Å². The van der Waals surface area contributed by atoms with Gasteiger partial charge in [-0.05, 0) is 6.92 Å². The van der Waals surface area contributed by atoms with Crippen molar-refractivity contribution in [2.45, 2.75) is 19.4 Å². The average molecular weight is 266 g/mol. The molecule has 2 rings (SSSR count). The zero-order chi connectivity index (χ0) is 13.7. The highest BCUT2D eigenvalue weighted by Crippen LogP contribution is 2.17. The van der Waals surface area contributed by atoms with Gasteiger partial charge in [-0.3, -0.25) is 4.98 Å². The summed E-state index contributed by atoms with van der Waals surface area (Å²) in [6, 6.07) is -0.0506. The number of urea groups is 1. The summed E-state index contributed by atoms with van der Waals surface area (Å²) in [7, 11) is 1.53. The van der Waals surface area contributed by atoms with Crippen molar-refractivity contribution in [2.75, 3.05) is 26.7 Å². The molecule has 1 fully saturated rings. The Kier molecular flexibility index (Phi) is 4.38. The molecule has 7 heteroatoms. The molecule has 1 atom stereocenters. The molecule has 1 N–H and O–H groups in total. The van der Waals surface area contributed by atoms with E-state index in [1.54, 1.807) is 4.90 Å². The molecule has 2 heterocycles. The van der Waals surface area contributed by atoms with Crippen LogP contribution >= 0.6 is 0 Å². The van der Waals surface area contributed by atoms with Gasteiger partial charge in [-0.25, -0.2) is 4.79 Å². The van der Waals surface area contributed by atoms with Crippen molar-refractivity contribution in [1.82, 2.24) is 20.2 Å². The standard InChI is InChI=1S/C12H18N4O3/c1-3-14-12(17)16-5-4-9(8-16)19-11-7-13-6-10(15-11)18-2/h6-7,9H,3-5,8H2,1-2H3,(H,14,17). The number of amides is 2. The van der Waals surface area contributed by atoms with Gasteiger partial charge < -0.3 is 19.7 Å². The number of nitrogens with one attached hydrogen (secondary N) is 1. The average Bonchev–Trinajstić information content (AvgIpc) is 2.88. The molecule has 0 saturated carbocycles. The molecule has 2 amide bonds. The fraction of sp³-hybridized carbons (Fsp3) is 0.583. The van der Waals surface area contributed by atoms with Crippen LogP contribution in [0, 0.1) is 0 Å². The molecular weight excluding hydrogens is 248 g/mol. The van der Waals surface area contributed by atoms with Gasteiger partial charge in [0.25, 0.3) is 0 Å². The fourth-order valence-electron chi connectivity index (χ4n) is 1.93. The van der Waals surface area contributed by atoms with E-state index in [9.17, 15) is 4.79 Å². The first-order valence-electron chi connectivity index (χ1n) is 6.28. The molecule has 1 aliphatic heterocycles. The maximum Gasteiger partial charge on any atom is 0.317 e. The Bertz CT molecular complexity index is 441. The predicted octanol–water partition coefficient (Wildman–Crippen LogP) is 0.668. The predicted molar refractivity (Wildman–Crippen MR) is 68.3 cm³/mol. The van der Waals surface area contributed by atoms with Gasteiger partial charge in [0, 0.05) is 19.5 Å². The molecule has 104 valence electrons. The minimum absolute atomic E-state index is 0.0506. The highest BCUT2D eigenvalue weighted by Gasteiger charge is 2.27. The van der Waals surface area contributed by atoms with Gasteiger partial charge in [-0.2, -0.15) is 4.98 Å². The first-order chi connectivity index (χ1) is 9.22. The second-order valence-corrected chi connectivity index (χ2v) is 4.21. The number of nitrogens with zero attached hydrogens (tertiary/aromatic N) is 3. The molecule has 0 radical (unpaired) electrons. The van der Waals surface area contributed by atoms with Crippen molar-refractivity contribution < 1.29 is 14.3 Å². The van der Waals surface area contributed by atoms with E-state index < -0.39 is 0 Å². The molecular formula is C12H18N4O3. The normalized spacial score (nSPS) is 18.2. The van der Waals surface area contributed by atoms with Gasteiger partial charge in [-0.15, -0.1) is 0 Å². The molecule has 1 aromatic heterocycles. The van der Waals surface area contributed by atoms with E-state index in [0.29, 0.717) is 31.4 Å². The van der Waals surface area contributed by atoms with Crippen molar-refractivity contribution in [3.8, 4) is 11.8 Å². The van der Waals surface area contributed by atoms with Crippen LogP contribution in [0.1, 0.15) is 13.3 Å². The Balaban J connectivity index is 1.89. The summed E-state index contributed by atoms with van der Waals surface area (Å²) in [4.78, 5) is 21.5. The van der Waals surface area contributed by atoms with E-state index in [2.05, 4.69) is 15.3 Å². The Hall–Kier alpha value is -2.05. The lowest BCUT2D eigenvalue weighted by molar-refractivity contribution is 0.182. The summed E-state index contributed by atoms with van der Waals surface area (Å²) < 4.78 is 10.7. The third-order valence-electron chi connectivity index (χ3n) is 2.85. The summed E-state index contributed by atoms with van der Waals surface area (Å²) in [6.07, 6.45) is 3.79. The Morgan fingerprint density at radius 2 is 2.32 bits per heavy atom. The summed E-state index contributed by atoms with van der Waals surface area (Å²) in [5.74, 6) is 0.832. The van der Waals surface area contributed by atoms with Gasteiger partial charge in [0.2, 0.25) is 11.8 Å². The van der Waals surface area contributed by atoms with Crippen LogP contribution < -0.4 is 14.8 Å². The lowest BCUT2D eigenvalue weighted by Gasteiger charge is -2.17. The Labute approximate surface area is 111 Å². The van der Waals surface area contributed by atoms with E-state index in [0.717, 1.165) is 6.42 Å². The molecule has 0 bridgehead atoms. The summed E-state index contributed by atoms with van der Waals surface area (Å²) >= 11 is 0. The van der Waals surface area contributed by atoms with E-state index in [1.165, 1.54) is 19.5 Å². The number of carbonyl (C=O) groups excluding carboxylic acids is 1. The SMILES string of the molecule is CCNC(=O)N1CCC(Oc2cncc(OC)n2)C1. The smallest absolute Gasteiger partial charge is 0.317 e. The van der Waals surface area contributed by atoms with Crippen molar-refractivity contribution in [2.24, 2.45) is 0 Å². The molecule has 1 saturated heterocycles. The van der Waals surface area contributed by atoms with Crippen molar-refractivity contribution >= 4 is 6.03 Å². The van der Waals surface area contributed by atoms with Crippen molar-refractivity contribution in [3.05, 3.63) is 12.4 Å². The lowest BCUT2D eigenvalue weighted by Crippen LogP contribution is -2.39. The number of likely N-dealkylation sites (tertiary alicyclic amines) is 1. The quantitative estimate of drug-likeness (QED) is 0.866. The maximum atomic E-state index is 11.7. The fourth-order valence-corrected chi connectivity index (χ4v) is 1.93. The third-order valence-corrected chi connectivity index (χ3v) is 2.85. The monoisotopic (exact) mass is 266 g/mol. The van der Waals surface area contributed by atoms with Crippen LogP contribution in [-0.2, 0) is 0 Å². The van der Waals surface area contributed by atoms with Crippen molar-refractivity contribution in [1.29, 1.82) is 0 Å². The van der Waals surface area contributed by atoms with Crippen molar-refractivity contribution in [3.63, 3.8) is 0 Å². The summed E-state index contributed by atoms with van der Waals surface area (Å²) in [5, 5.41) is 2.77. The third kappa shape index (κ3) is 3.46. The van der Waals surface area contributed by atoms with Gasteiger partial charge in [0.15, 0.2) is 0 Å². The summed E-state index contributed by atoms with van der Waals surface area (Å²) in [5.41, 5.74) is 0. The van der Waals surface area contributed by atoms with Gasteiger partial charge in [-0.1, -0.05) is 0 Å². The van der Waals surface area contributed by atoms with E-state index in [-0.39, 0.29) is 12.1 Å². The second-order valence-electron chi connectivity index (χ2n) is 4.21. The van der Waals surface area contributed by atoms with Crippen LogP contribution in [0.15, 0.2) is 12.4 Å². The number of ether oxygens (including phenoxy) is 2. The van der Waals surface area contributed by atoms with E-state index in [1.807, 2.05) is 6.92 Å². The van der Waals surface area contributed by atoms with Crippen LogP contribution in [-0.4, -0.2) is 53.7 Å². The number of hydrogen-bond donors (Lipinski definition) is 1. The van der Waals surface area contributed by atoms with Gasteiger partial charge >= 0.3 is 6.03 Å². The highest BCUT2D eigenvalue weighted by molar-refractivity contribution is 5.74. The Morgan fingerprint density at radius 1 is 1.53 bits per heavy atom. The zero-order valence-electron chi connectivity index (χ0n) is 11.1. The van der Waals surface area contributed by atoms with Gasteiger partial charge in [0.05, 0.1) is 26.0 Å². The van der Waals surface area contributed by atoms with Crippen LogP contribution in [0.4, 0.5) is 4.79 Å². The lowest BCUT2D eigenvalue weighted by atomic mass is 10.3. The molecule has 1 unspecified atom stereocenters. The summed E-state index contributed by atoms with van der Waals surface area (Å²) in [6.45, 7) is 3.77. The second kappa shape index (κ2) is 6.21. The molecule has 1 aromatic rings. The molecule has 19 heavy (non-hydrogen) atoms. The molecule has 0 spiro atoms. The largest absolute Gasteiger partial charge is 0.480 e. The number of rotatable bonds is 4. The van der Waals surface area contributed by atoms with Crippen LogP contribution in [0.25, 0.3) is 0 Å². The Morgan fingerprint density at radius 3 is 3.05 bits per heavy atom.